The first kappa shape index (κ1) is 24.0. The first-order valence-electron chi connectivity index (χ1n) is 14.8. The Morgan fingerprint density at radius 2 is 0.884 bits per heavy atom. The Kier molecular flexibility index (Phi) is 5.27. The molecule has 0 radical (unpaired) electrons. The van der Waals surface area contributed by atoms with E-state index < -0.39 is 0 Å². The highest BCUT2D eigenvalue weighted by Gasteiger charge is 2.21. The van der Waals surface area contributed by atoms with E-state index in [0.717, 1.165) is 17.1 Å². The van der Waals surface area contributed by atoms with E-state index >= 15 is 0 Å². The second-order valence-corrected chi connectivity index (χ2v) is 11.4. The summed E-state index contributed by atoms with van der Waals surface area (Å²) in [5.41, 5.74) is 9.69. The fourth-order valence-corrected chi connectivity index (χ4v) is 6.67. The second kappa shape index (κ2) is 9.44. The predicted octanol–water partition coefficient (Wildman–Crippen LogP) is 11.9. The molecule has 1 nitrogen and oxygen atoms in total. The molecule has 200 valence electrons. The lowest BCUT2D eigenvalue weighted by Crippen LogP contribution is -1.97. The molecule has 0 unspecified atom stereocenters. The Hall–Kier alpha value is -5.66. The van der Waals surface area contributed by atoms with Crippen LogP contribution in [0, 0.1) is 0 Å². The number of benzene rings is 8. The molecule has 9 rings (SSSR count). The van der Waals surface area contributed by atoms with Gasteiger partial charge in [-0.25, -0.2) is 0 Å². The van der Waals surface area contributed by atoms with Crippen LogP contribution in [-0.2, 0) is 0 Å². The summed E-state index contributed by atoms with van der Waals surface area (Å²) in [6, 6.07) is 56.9. The monoisotopic (exact) mass is 546 g/mol. The fourth-order valence-electron chi connectivity index (χ4n) is 6.67. The molecule has 43 heavy (non-hydrogen) atoms. The summed E-state index contributed by atoms with van der Waals surface area (Å²) in [5.74, 6) is 1.83. The Bertz CT molecular complexity index is 2380. The van der Waals surface area contributed by atoms with Gasteiger partial charge in [0, 0.05) is 10.9 Å². The average molecular weight is 547 g/mol. The van der Waals surface area contributed by atoms with Gasteiger partial charge < -0.3 is 4.74 Å². The molecular formula is C42H26O. The van der Waals surface area contributed by atoms with Gasteiger partial charge in [0.1, 0.15) is 11.5 Å². The van der Waals surface area contributed by atoms with Crippen LogP contribution in [0.15, 0.2) is 158 Å². The minimum Gasteiger partial charge on any atom is -0.456 e. The van der Waals surface area contributed by atoms with E-state index in [-0.39, 0.29) is 0 Å². The van der Waals surface area contributed by atoms with E-state index in [1.807, 2.05) is 12.1 Å². The summed E-state index contributed by atoms with van der Waals surface area (Å²) >= 11 is 0. The van der Waals surface area contributed by atoms with Gasteiger partial charge in [0.05, 0.1) is 0 Å². The molecule has 1 heterocycles. The molecule has 0 aliphatic carbocycles. The van der Waals surface area contributed by atoms with Gasteiger partial charge in [-0.1, -0.05) is 121 Å². The minimum absolute atomic E-state index is 0.915. The van der Waals surface area contributed by atoms with Crippen LogP contribution in [0.4, 0.5) is 0 Å². The van der Waals surface area contributed by atoms with Gasteiger partial charge in [0.15, 0.2) is 0 Å². The zero-order valence-corrected chi connectivity index (χ0v) is 23.4. The molecule has 0 atom stereocenters. The summed E-state index contributed by atoms with van der Waals surface area (Å²) < 4.78 is 6.33. The third-order valence-corrected chi connectivity index (χ3v) is 8.83. The normalized spacial score (nSPS) is 11.9. The predicted molar refractivity (Wildman–Crippen MR) is 181 cm³/mol. The highest BCUT2D eigenvalue weighted by atomic mass is 16.5. The highest BCUT2D eigenvalue weighted by Crippen LogP contribution is 2.48. The summed E-state index contributed by atoms with van der Waals surface area (Å²) in [5, 5.41) is 7.41. The lowest BCUT2D eigenvalue weighted by Gasteiger charge is -2.22. The van der Waals surface area contributed by atoms with E-state index in [4.69, 9.17) is 4.74 Å². The topological polar surface area (TPSA) is 9.23 Å². The van der Waals surface area contributed by atoms with E-state index in [2.05, 4.69) is 146 Å². The second-order valence-electron chi connectivity index (χ2n) is 11.4. The molecule has 0 saturated heterocycles. The van der Waals surface area contributed by atoms with Crippen LogP contribution < -0.4 is 4.74 Å². The number of fused-ring (bicyclic) bond motifs is 4. The Morgan fingerprint density at radius 3 is 1.67 bits per heavy atom. The first-order valence-corrected chi connectivity index (χ1v) is 14.8. The molecule has 0 spiro atoms. The minimum atomic E-state index is 0.915. The van der Waals surface area contributed by atoms with E-state index in [1.165, 1.54) is 71.3 Å². The Labute approximate surface area is 250 Å². The average Bonchev–Trinajstić information content (AvgIpc) is 3.08. The largest absolute Gasteiger partial charge is 0.456 e. The summed E-state index contributed by atoms with van der Waals surface area (Å²) in [6.45, 7) is 0. The number of ether oxygens (including phenoxy) is 1. The van der Waals surface area contributed by atoms with Crippen LogP contribution in [0.1, 0.15) is 0 Å². The summed E-state index contributed by atoms with van der Waals surface area (Å²) in [7, 11) is 0. The van der Waals surface area contributed by atoms with Crippen molar-refractivity contribution in [2.45, 2.75) is 0 Å². The smallest absolute Gasteiger partial charge is 0.135 e. The van der Waals surface area contributed by atoms with Gasteiger partial charge in [0.2, 0.25) is 0 Å². The Balaban J connectivity index is 1.10. The van der Waals surface area contributed by atoms with Crippen molar-refractivity contribution in [2.24, 2.45) is 0 Å². The van der Waals surface area contributed by atoms with Crippen molar-refractivity contribution in [1.29, 1.82) is 0 Å². The SMILES string of the molecule is c1cc(-c2ccc3cc(-c4ccc5ccccc5c4)ccc3c2)cc(-c2ccc3c4c(cccc24)-c2ccccc2O3)c1. The number of hydrogen-bond acceptors (Lipinski definition) is 1. The molecule has 8 aromatic carbocycles. The van der Waals surface area contributed by atoms with Crippen LogP contribution in [-0.4, -0.2) is 0 Å². The molecule has 1 aliphatic rings. The standard InChI is InChI=1S/C42H26O/c1-2-8-28-23-31(16-15-27(28)7-1)33-20-19-32-24-30(17-18-34(32)25-33)29-9-5-10-35(26-29)36-21-22-41-42-38(36)12-6-13-39(42)37-11-3-4-14-40(37)43-41/h1-26H. The maximum Gasteiger partial charge on any atom is 0.135 e. The number of rotatable bonds is 3. The summed E-state index contributed by atoms with van der Waals surface area (Å²) in [6.07, 6.45) is 0. The Morgan fingerprint density at radius 1 is 0.302 bits per heavy atom. The van der Waals surface area contributed by atoms with Crippen LogP contribution in [0.25, 0.3) is 76.8 Å². The van der Waals surface area contributed by atoms with Gasteiger partial charge >= 0.3 is 0 Å². The van der Waals surface area contributed by atoms with Crippen LogP contribution in [0.5, 0.6) is 11.5 Å². The molecule has 0 saturated carbocycles. The van der Waals surface area contributed by atoms with Gasteiger partial charge in [-0.3, -0.25) is 0 Å². The third kappa shape index (κ3) is 3.94. The van der Waals surface area contributed by atoms with Crippen molar-refractivity contribution in [3.63, 3.8) is 0 Å². The highest BCUT2D eigenvalue weighted by molar-refractivity contribution is 6.10. The van der Waals surface area contributed by atoms with Crippen molar-refractivity contribution in [2.75, 3.05) is 0 Å². The van der Waals surface area contributed by atoms with Crippen molar-refractivity contribution < 1.29 is 4.74 Å². The van der Waals surface area contributed by atoms with Crippen molar-refractivity contribution >= 4 is 32.3 Å². The van der Waals surface area contributed by atoms with Gasteiger partial charge in [0.25, 0.3) is 0 Å². The van der Waals surface area contributed by atoms with Crippen LogP contribution in [0.3, 0.4) is 0 Å². The van der Waals surface area contributed by atoms with Crippen molar-refractivity contribution in [3.05, 3.63) is 158 Å². The maximum absolute atomic E-state index is 6.33. The fraction of sp³-hybridized carbons (Fsp3) is 0. The van der Waals surface area contributed by atoms with Crippen molar-refractivity contribution in [3.8, 4) is 56.0 Å². The maximum atomic E-state index is 6.33. The van der Waals surface area contributed by atoms with Gasteiger partial charge in [-0.2, -0.15) is 0 Å². The van der Waals surface area contributed by atoms with Gasteiger partial charge in [-0.15, -0.1) is 0 Å². The van der Waals surface area contributed by atoms with E-state index in [0.29, 0.717) is 0 Å². The molecule has 1 aliphatic heterocycles. The van der Waals surface area contributed by atoms with Gasteiger partial charge in [-0.05, 0) is 102 Å². The molecule has 0 amide bonds. The summed E-state index contributed by atoms with van der Waals surface area (Å²) in [4.78, 5) is 0. The quantitative estimate of drug-likeness (QED) is 0.214. The lowest BCUT2D eigenvalue weighted by molar-refractivity contribution is 0.487. The molecule has 0 aromatic heterocycles. The van der Waals surface area contributed by atoms with Crippen LogP contribution >= 0.6 is 0 Å². The lowest BCUT2D eigenvalue weighted by atomic mass is 9.89. The zero-order valence-electron chi connectivity index (χ0n) is 23.4. The molecule has 1 heteroatoms. The molecule has 8 aromatic rings. The molecule has 0 fully saturated rings. The molecular weight excluding hydrogens is 520 g/mol. The number of para-hydroxylation sites is 1. The number of hydrogen-bond donors (Lipinski definition) is 0. The first-order chi connectivity index (χ1) is 21.3. The van der Waals surface area contributed by atoms with Crippen LogP contribution in [0.2, 0.25) is 0 Å². The third-order valence-electron chi connectivity index (χ3n) is 8.83. The van der Waals surface area contributed by atoms with Crippen molar-refractivity contribution in [1.82, 2.24) is 0 Å². The molecule has 0 N–H and O–H groups in total. The van der Waals surface area contributed by atoms with E-state index in [1.54, 1.807) is 0 Å². The zero-order chi connectivity index (χ0) is 28.3. The molecule has 0 bridgehead atoms. The van der Waals surface area contributed by atoms with E-state index in [9.17, 15) is 0 Å².